The highest BCUT2D eigenvalue weighted by Gasteiger charge is 2.61. The van der Waals surface area contributed by atoms with Crippen molar-refractivity contribution in [1.82, 2.24) is 0 Å². The Kier molecular flexibility index (Phi) is 6.95. The number of halogens is 2. The third-order valence-corrected chi connectivity index (χ3v) is 13.8. The van der Waals surface area contributed by atoms with Crippen LogP contribution in [0.4, 0.5) is 0 Å². The van der Waals surface area contributed by atoms with Gasteiger partial charge in [-0.25, -0.2) is 0 Å². The summed E-state index contributed by atoms with van der Waals surface area (Å²) in [6.07, 6.45) is 16.2. The molecule has 4 rings (SSSR count). The monoisotopic (exact) mass is 528 g/mol. The first-order chi connectivity index (χ1) is 13.7. The van der Waals surface area contributed by atoms with Crippen LogP contribution in [0.5, 0.6) is 0 Å². The molecule has 4 saturated carbocycles. The summed E-state index contributed by atoms with van der Waals surface area (Å²) >= 11 is 8.12. The van der Waals surface area contributed by atoms with Gasteiger partial charge in [-0.1, -0.05) is 85.7 Å². The molecule has 10 atom stereocenters. The minimum absolute atomic E-state index is 0.587. The van der Waals surface area contributed by atoms with E-state index < -0.39 is 0 Å². The predicted molar refractivity (Wildman–Crippen MR) is 134 cm³/mol. The van der Waals surface area contributed by atoms with Crippen molar-refractivity contribution in [3.8, 4) is 0 Å². The Morgan fingerprint density at radius 1 is 0.759 bits per heavy atom. The van der Waals surface area contributed by atoms with E-state index in [1.54, 1.807) is 0 Å². The molecule has 0 aromatic carbocycles. The maximum Gasteiger partial charge on any atom is 0.0304 e. The highest BCUT2D eigenvalue weighted by atomic mass is 79.9. The summed E-state index contributed by atoms with van der Waals surface area (Å²) in [6, 6.07) is 0. The fraction of sp³-hybridized carbons (Fsp3) is 1.00. The first-order valence-corrected chi connectivity index (χ1v) is 14.8. The van der Waals surface area contributed by atoms with Gasteiger partial charge in [0.15, 0.2) is 0 Å². The van der Waals surface area contributed by atoms with Crippen LogP contribution in [0.25, 0.3) is 0 Å². The zero-order chi connectivity index (χ0) is 21.0. The molecule has 168 valence electrons. The van der Waals surface area contributed by atoms with Crippen LogP contribution in [0.15, 0.2) is 0 Å². The second-order valence-electron chi connectivity index (χ2n) is 12.6. The van der Waals surface area contributed by atoms with E-state index in [0.717, 1.165) is 41.4 Å². The molecule has 0 radical (unpaired) electrons. The summed E-state index contributed by atoms with van der Waals surface area (Å²) < 4.78 is 0. The average Bonchev–Trinajstić information content (AvgIpc) is 3.02. The van der Waals surface area contributed by atoms with Crippen molar-refractivity contribution in [3.63, 3.8) is 0 Å². The lowest BCUT2D eigenvalue weighted by atomic mass is 9.44. The summed E-state index contributed by atoms with van der Waals surface area (Å²) in [5, 5.41) is 0. The Morgan fingerprint density at radius 2 is 1.41 bits per heavy atom. The normalized spacial score (nSPS) is 50.7. The molecular formula is C27H46Br2. The molecule has 0 aliphatic heterocycles. The second kappa shape index (κ2) is 8.72. The smallest absolute Gasteiger partial charge is 0.0304 e. The standard InChI is InChI=1S/C27H46Br2/c1-17(2)7-6-8-18(3)20-11-12-21-19-9-10-23-25(29)24(28)14-16-27(23,5)22(19)13-15-26(20,21)4/h17-25H,6-16H2,1-5H3/t18-,19+,20+,21-,22-,23+,24-,25+,26-,27-/m1/s1. The molecule has 0 aromatic heterocycles. The first-order valence-electron chi connectivity index (χ1n) is 13.0. The van der Waals surface area contributed by atoms with E-state index in [1.807, 2.05) is 0 Å². The van der Waals surface area contributed by atoms with Crippen molar-refractivity contribution in [1.29, 1.82) is 0 Å². The van der Waals surface area contributed by atoms with Crippen LogP contribution in [0, 0.1) is 52.3 Å². The largest absolute Gasteiger partial charge is 0.0878 e. The highest BCUT2D eigenvalue weighted by Crippen LogP contribution is 2.69. The Morgan fingerprint density at radius 3 is 2.14 bits per heavy atom. The van der Waals surface area contributed by atoms with Gasteiger partial charge in [-0.05, 0) is 104 Å². The van der Waals surface area contributed by atoms with Crippen molar-refractivity contribution >= 4 is 31.9 Å². The van der Waals surface area contributed by atoms with Crippen LogP contribution in [0.2, 0.25) is 0 Å². The molecule has 4 fully saturated rings. The minimum Gasteiger partial charge on any atom is -0.0878 e. The Hall–Kier alpha value is 0.960. The number of fused-ring (bicyclic) bond motifs is 5. The Balaban J connectivity index is 1.48. The first kappa shape index (κ1) is 23.1. The topological polar surface area (TPSA) is 0 Å². The molecule has 4 aliphatic rings. The second-order valence-corrected chi connectivity index (χ2v) is 14.8. The van der Waals surface area contributed by atoms with E-state index >= 15 is 0 Å². The third kappa shape index (κ3) is 3.95. The van der Waals surface area contributed by atoms with Crippen molar-refractivity contribution in [3.05, 3.63) is 0 Å². The molecule has 0 spiro atoms. The maximum absolute atomic E-state index is 4.13. The number of rotatable bonds is 5. The fourth-order valence-electron chi connectivity index (χ4n) is 9.26. The van der Waals surface area contributed by atoms with Gasteiger partial charge < -0.3 is 0 Å². The van der Waals surface area contributed by atoms with Crippen LogP contribution < -0.4 is 0 Å². The number of hydrogen-bond acceptors (Lipinski definition) is 0. The molecule has 0 N–H and O–H groups in total. The van der Waals surface area contributed by atoms with Crippen LogP contribution in [-0.4, -0.2) is 9.65 Å². The molecule has 0 aromatic rings. The maximum atomic E-state index is 4.13. The van der Waals surface area contributed by atoms with Gasteiger partial charge in [0.2, 0.25) is 0 Å². The summed E-state index contributed by atoms with van der Waals surface area (Å²) in [6.45, 7) is 12.8. The third-order valence-electron chi connectivity index (χ3n) is 10.8. The summed E-state index contributed by atoms with van der Waals surface area (Å²) in [7, 11) is 0. The van der Waals surface area contributed by atoms with Crippen molar-refractivity contribution in [2.24, 2.45) is 52.3 Å². The molecule has 0 bridgehead atoms. The van der Waals surface area contributed by atoms with Crippen molar-refractivity contribution in [2.45, 2.75) is 115 Å². The van der Waals surface area contributed by atoms with Gasteiger partial charge in [-0.15, -0.1) is 0 Å². The number of hydrogen-bond donors (Lipinski definition) is 0. The van der Waals surface area contributed by atoms with Gasteiger partial charge in [0.25, 0.3) is 0 Å². The highest BCUT2D eigenvalue weighted by molar-refractivity contribution is 9.12. The van der Waals surface area contributed by atoms with E-state index in [9.17, 15) is 0 Å². The Bertz CT molecular complexity index is 573. The zero-order valence-corrected chi connectivity index (χ0v) is 22.9. The molecule has 0 unspecified atom stereocenters. The van der Waals surface area contributed by atoms with Gasteiger partial charge in [0, 0.05) is 9.65 Å². The molecule has 4 aliphatic carbocycles. The van der Waals surface area contributed by atoms with Crippen LogP contribution in [0.3, 0.4) is 0 Å². The van der Waals surface area contributed by atoms with E-state index in [0.29, 0.717) is 20.5 Å². The van der Waals surface area contributed by atoms with Gasteiger partial charge in [-0.2, -0.15) is 0 Å². The zero-order valence-electron chi connectivity index (χ0n) is 19.7. The summed E-state index contributed by atoms with van der Waals surface area (Å²) in [5.41, 5.74) is 1.23. The molecule has 29 heavy (non-hydrogen) atoms. The summed E-state index contributed by atoms with van der Waals surface area (Å²) in [4.78, 5) is 1.38. The Labute approximate surface area is 198 Å². The van der Waals surface area contributed by atoms with E-state index in [4.69, 9.17) is 0 Å². The van der Waals surface area contributed by atoms with Gasteiger partial charge in [0.1, 0.15) is 0 Å². The SMILES string of the molecule is CC(C)CCC[C@@H](C)[C@@H]1CC[C@@H]2[C@@H]3CC[C@H]4[C@H](Br)[C@H](Br)CC[C@]4(C)[C@@H]3CC[C@@]21C. The quantitative estimate of drug-likeness (QED) is 0.311. The van der Waals surface area contributed by atoms with Crippen LogP contribution >= 0.6 is 31.9 Å². The minimum atomic E-state index is 0.587. The molecule has 0 nitrogen and oxygen atoms in total. The van der Waals surface area contributed by atoms with E-state index in [-0.39, 0.29) is 0 Å². The molecular weight excluding hydrogens is 484 g/mol. The summed E-state index contributed by atoms with van der Waals surface area (Å²) in [5.74, 6) is 6.72. The van der Waals surface area contributed by atoms with Gasteiger partial charge >= 0.3 is 0 Å². The van der Waals surface area contributed by atoms with Gasteiger partial charge in [0.05, 0.1) is 0 Å². The predicted octanol–water partition coefficient (Wildman–Crippen LogP) is 9.24. The molecule has 0 saturated heterocycles. The van der Waals surface area contributed by atoms with Gasteiger partial charge in [-0.3, -0.25) is 0 Å². The lowest BCUT2D eigenvalue weighted by molar-refractivity contribution is -0.111. The van der Waals surface area contributed by atoms with Crippen molar-refractivity contribution in [2.75, 3.05) is 0 Å². The van der Waals surface area contributed by atoms with Crippen molar-refractivity contribution < 1.29 is 0 Å². The van der Waals surface area contributed by atoms with E-state index in [1.165, 1.54) is 70.6 Å². The average molecular weight is 530 g/mol. The molecule has 0 heterocycles. The van der Waals surface area contributed by atoms with Crippen LogP contribution in [0.1, 0.15) is 105 Å². The lowest BCUT2D eigenvalue weighted by Crippen LogP contribution is -2.56. The van der Waals surface area contributed by atoms with Crippen LogP contribution in [-0.2, 0) is 0 Å². The lowest BCUT2D eigenvalue weighted by Gasteiger charge is -2.62. The fourth-order valence-corrected chi connectivity index (χ4v) is 11.0. The molecule has 0 amide bonds. The molecule has 2 heteroatoms. The van der Waals surface area contributed by atoms with E-state index in [2.05, 4.69) is 66.5 Å². The number of alkyl halides is 2.